The molecule has 210 valence electrons. The second-order valence-electron chi connectivity index (χ2n) is 9.24. The molecule has 1 atom stereocenters. The number of ketones is 1. The van der Waals surface area contributed by atoms with Crippen molar-refractivity contribution in [3.05, 3.63) is 107 Å². The molecule has 0 radical (unpaired) electrons. The van der Waals surface area contributed by atoms with Crippen molar-refractivity contribution in [3.63, 3.8) is 0 Å². The summed E-state index contributed by atoms with van der Waals surface area (Å²) in [6.07, 6.45) is -2.70. The topological polar surface area (TPSA) is 119 Å². The molecule has 1 unspecified atom stereocenters. The van der Waals surface area contributed by atoms with Gasteiger partial charge < -0.3 is 9.73 Å². The first kappa shape index (κ1) is 26.9. The summed E-state index contributed by atoms with van der Waals surface area (Å²) < 4.78 is 59.1. The minimum Gasteiger partial charge on any atom is -0.402 e. The largest absolute Gasteiger partial charge is 0.417 e. The lowest BCUT2D eigenvalue weighted by Crippen LogP contribution is -2.29. The molecule has 3 aromatic heterocycles. The molecule has 5 aromatic rings. The molecule has 0 fully saturated rings. The van der Waals surface area contributed by atoms with Crippen molar-refractivity contribution in [3.8, 4) is 22.7 Å². The fraction of sp³-hybridized carbons (Fsp3) is 0.138. The number of hydrogen-bond acceptors (Lipinski definition) is 9. The van der Waals surface area contributed by atoms with Crippen molar-refractivity contribution in [1.82, 2.24) is 25.1 Å². The zero-order valence-corrected chi connectivity index (χ0v) is 21.5. The highest BCUT2D eigenvalue weighted by Gasteiger charge is 2.33. The Morgan fingerprint density at radius 3 is 2.36 bits per heavy atom. The fourth-order valence-corrected chi connectivity index (χ4v) is 4.47. The number of carbonyl (C=O) groups is 1. The number of alkyl halides is 4. The van der Waals surface area contributed by atoms with E-state index in [0.29, 0.717) is 11.9 Å². The molecule has 6 rings (SSSR count). The Morgan fingerprint density at radius 1 is 0.881 bits per heavy atom. The third-order valence-electron chi connectivity index (χ3n) is 6.49. The predicted molar refractivity (Wildman–Crippen MR) is 143 cm³/mol. The van der Waals surface area contributed by atoms with Gasteiger partial charge in [-0.05, 0) is 11.6 Å². The molecular weight excluding hydrogens is 554 g/mol. The van der Waals surface area contributed by atoms with E-state index in [1.54, 1.807) is 0 Å². The molecule has 0 saturated carbocycles. The molecule has 4 heterocycles. The van der Waals surface area contributed by atoms with Crippen LogP contribution in [0, 0.1) is 0 Å². The Bertz CT molecular complexity index is 1790. The average molecular weight is 574 g/mol. The van der Waals surface area contributed by atoms with Crippen LogP contribution >= 0.6 is 0 Å². The Morgan fingerprint density at radius 2 is 1.62 bits per heavy atom. The fourth-order valence-electron chi connectivity index (χ4n) is 4.47. The number of carbonyl (C=O) groups excluding carboxylic acids is 1. The Labute approximate surface area is 235 Å². The van der Waals surface area contributed by atoms with Gasteiger partial charge in [0.05, 0.1) is 11.3 Å². The summed E-state index contributed by atoms with van der Waals surface area (Å²) in [6, 6.07) is 17.5. The van der Waals surface area contributed by atoms with Gasteiger partial charge in [-0.25, -0.2) is 19.3 Å². The van der Waals surface area contributed by atoms with Crippen LogP contribution < -0.4 is 5.32 Å². The maximum atomic E-state index is 13.5. The van der Waals surface area contributed by atoms with Gasteiger partial charge in [0.15, 0.2) is 17.8 Å². The van der Waals surface area contributed by atoms with Crippen LogP contribution in [0.25, 0.3) is 22.7 Å². The molecule has 0 amide bonds. The van der Waals surface area contributed by atoms with Gasteiger partial charge in [0.25, 0.3) is 5.89 Å². The number of nitrogens with zero attached hydrogens (tertiary/aromatic N) is 6. The second kappa shape index (κ2) is 10.9. The van der Waals surface area contributed by atoms with Gasteiger partial charge in [-0.15, -0.1) is 5.10 Å². The highest BCUT2D eigenvalue weighted by atomic mass is 19.4. The van der Waals surface area contributed by atoms with Gasteiger partial charge in [0.2, 0.25) is 0 Å². The van der Waals surface area contributed by atoms with Crippen LogP contribution in [0.3, 0.4) is 0 Å². The Balaban J connectivity index is 1.36. The molecule has 0 aliphatic carbocycles. The molecular formula is C29H19F4N7O2. The average Bonchev–Trinajstić information content (AvgIpc) is 3.42. The van der Waals surface area contributed by atoms with Crippen molar-refractivity contribution >= 4 is 17.5 Å². The molecule has 1 aliphatic rings. The van der Waals surface area contributed by atoms with E-state index < -0.39 is 24.6 Å². The van der Waals surface area contributed by atoms with Gasteiger partial charge in [0, 0.05) is 47.3 Å². The van der Waals surface area contributed by atoms with Crippen molar-refractivity contribution in [2.75, 3.05) is 5.32 Å². The van der Waals surface area contributed by atoms with Crippen molar-refractivity contribution in [2.24, 2.45) is 4.99 Å². The van der Waals surface area contributed by atoms with E-state index in [-0.39, 0.29) is 46.8 Å². The first-order chi connectivity index (χ1) is 20.3. The van der Waals surface area contributed by atoms with E-state index >= 15 is 0 Å². The summed E-state index contributed by atoms with van der Waals surface area (Å²) in [5.74, 6) is -0.617. The monoisotopic (exact) mass is 573 g/mol. The molecule has 0 saturated heterocycles. The number of halogens is 4. The SMILES string of the molecule is O=C1Cc2ccccc2C(c2ccccc2)=NC1Nc1nnc(-c2ncc(C(F)(F)F)cc2-c2cnc(CF)nc2)o1. The van der Waals surface area contributed by atoms with E-state index in [1.165, 1.54) is 12.4 Å². The number of hydrogen-bond donors (Lipinski definition) is 1. The van der Waals surface area contributed by atoms with E-state index in [0.717, 1.165) is 22.8 Å². The smallest absolute Gasteiger partial charge is 0.402 e. The minimum absolute atomic E-state index is 0.0594. The lowest BCUT2D eigenvalue weighted by molar-refractivity contribution is -0.137. The van der Waals surface area contributed by atoms with E-state index in [1.807, 2.05) is 54.6 Å². The van der Waals surface area contributed by atoms with Gasteiger partial charge in [-0.1, -0.05) is 59.7 Å². The number of benzene rings is 2. The van der Waals surface area contributed by atoms with Crippen LogP contribution in [0.2, 0.25) is 0 Å². The van der Waals surface area contributed by atoms with E-state index in [2.05, 4.69) is 30.5 Å². The number of aliphatic imine (C=N–C) groups is 1. The number of anilines is 1. The van der Waals surface area contributed by atoms with Gasteiger partial charge in [-0.2, -0.15) is 13.2 Å². The van der Waals surface area contributed by atoms with E-state index in [4.69, 9.17) is 9.41 Å². The lowest BCUT2D eigenvalue weighted by Gasteiger charge is -2.12. The van der Waals surface area contributed by atoms with Crippen molar-refractivity contribution in [2.45, 2.75) is 25.4 Å². The first-order valence-corrected chi connectivity index (χ1v) is 12.6. The van der Waals surface area contributed by atoms with Crippen molar-refractivity contribution < 1.29 is 26.8 Å². The number of nitrogens with one attached hydrogen (secondary N) is 1. The van der Waals surface area contributed by atoms with Crippen LogP contribution in [-0.2, 0) is 24.1 Å². The maximum absolute atomic E-state index is 13.5. The molecule has 0 spiro atoms. The van der Waals surface area contributed by atoms with Crippen LogP contribution in [0.15, 0.2) is 88.7 Å². The normalized spacial score (nSPS) is 15.1. The molecule has 1 aliphatic heterocycles. The zero-order chi connectivity index (χ0) is 29.3. The van der Waals surface area contributed by atoms with Crippen LogP contribution in [-0.4, -0.2) is 42.8 Å². The third-order valence-corrected chi connectivity index (χ3v) is 6.49. The molecule has 42 heavy (non-hydrogen) atoms. The zero-order valence-electron chi connectivity index (χ0n) is 21.5. The Kier molecular flexibility index (Phi) is 6.98. The predicted octanol–water partition coefficient (Wildman–Crippen LogP) is 5.48. The second-order valence-corrected chi connectivity index (χ2v) is 9.24. The quantitative estimate of drug-likeness (QED) is 0.266. The number of aromatic nitrogens is 5. The van der Waals surface area contributed by atoms with Gasteiger partial charge in [-0.3, -0.25) is 9.79 Å². The molecule has 0 bridgehead atoms. The summed E-state index contributed by atoms with van der Waals surface area (Å²) in [5, 5.41) is 10.7. The van der Waals surface area contributed by atoms with Crippen LogP contribution in [0.4, 0.5) is 23.6 Å². The first-order valence-electron chi connectivity index (χ1n) is 12.6. The third kappa shape index (κ3) is 5.36. The molecule has 1 N–H and O–H groups in total. The number of Topliss-reactive ketones (excluding diaryl/α,β-unsaturated/α-hetero) is 1. The number of rotatable bonds is 6. The number of fused-ring (bicyclic) bond motifs is 1. The summed E-state index contributed by atoms with van der Waals surface area (Å²) >= 11 is 0. The summed E-state index contributed by atoms with van der Waals surface area (Å²) in [5.41, 5.74) is 1.97. The summed E-state index contributed by atoms with van der Waals surface area (Å²) in [6.45, 7) is -0.938. The van der Waals surface area contributed by atoms with Crippen LogP contribution in [0.1, 0.15) is 28.1 Å². The molecule has 9 nitrogen and oxygen atoms in total. The Hall–Kier alpha value is -5.33. The highest BCUT2D eigenvalue weighted by molar-refractivity contribution is 6.16. The van der Waals surface area contributed by atoms with Crippen LogP contribution in [0.5, 0.6) is 0 Å². The molecule has 13 heteroatoms. The number of pyridine rings is 1. The summed E-state index contributed by atoms with van der Waals surface area (Å²) in [7, 11) is 0. The highest BCUT2D eigenvalue weighted by Crippen LogP contribution is 2.36. The van der Waals surface area contributed by atoms with Gasteiger partial charge in [0.1, 0.15) is 12.4 Å². The maximum Gasteiger partial charge on any atom is 0.417 e. The minimum atomic E-state index is -4.69. The van der Waals surface area contributed by atoms with Gasteiger partial charge >= 0.3 is 12.2 Å². The lowest BCUT2D eigenvalue weighted by atomic mass is 9.96. The van der Waals surface area contributed by atoms with E-state index in [9.17, 15) is 22.4 Å². The summed E-state index contributed by atoms with van der Waals surface area (Å²) in [4.78, 5) is 29.5. The molecule has 2 aromatic carbocycles. The standard InChI is InChI=1S/C29H19F4N7O2/c30-12-23-34-13-18(14-35-23)21-11-19(29(31,32)33)15-36-25(21)27-39-40-28(42-27)38-26-22(41)10-17-8-4-5-9-20(17)24(37-26)16-6-2-1-3-7-16/h1-9,11,13-15,26H,10,12H2,(H,38,40). The van der Waals surface area contributed by atoms with Crippen molar-refractivity contribution in [1.29, 1.82) is 0 Å².